The molecule has 0 heterocycles. The standard InChI is InChI=1S/C10H6F2O2/c11-7-4-6-5(10(14)9(7)12)2-1-3-8(6)13/h1-4,13-14H. The van der Waals surface area contributed by atoms with Crippen LogP contribution in [-0.4, -0.2) is 10.2 Å². The van der Waals surface area contributed by atoms with E-state index in [2.05, 4.69) is 0 Å². The molecule has 14 heavy (non-hydrogen) atoms. The highest BCUT2D eigenvalue weighted by atomic mass is 19.2. The minimum absolute atomic E-state index is 0.0869. The third kappa shape index (κ3) is 1.08. The average Bonchev–Trinajstić information content (AvgIpc) is 2.17. The molecule has 2 aromatic rings. The van der Waals surface area contributed by atoms with Crippen LogP contribution in [0.2, 0.25) is 0 Å². The highest BCUT2D eigenvalue weighted by Crippen LogP contribution is 2.34. The van der Waals surface area contributed by atoms with Crippen molar-refractivity contribution in [3.8, 4) is 11.5 Å². The summed E-state index contributed by atoms with van der Waals surface area (Å²) < 4.78 is 25.7. The van der Waals surface area contributed by atoms with Gasteiger partial charge in [-0.2, -0.15) is 4.39 Å². The Morgan fingerprint density at radius 2 is 1.71 bits per heavy atom. The molecule has 72 valence electrons. The van der Waals surface area contributed by atoms with E-state index in [0.717, 1.165) is 6.07 Å². The Balaban J connectivity index is 2.98. The van der Waals surface area contributed by atoms with Gasteiger partial charge in [-0.1, -0.05) is 12.1 Å². The molecular weight excluding hydrogens is 190 g/mol. The summed E-state index contributed by atoms with van der Waals surface area (Å²) in [5, 5.41) is 18.7. The molecule has 0 aliphatic heterocycles. The van der Waals surface area contributed by atoms with Gasteiger partial charge in [0.15, 0.2) is 11.6 Å². The zero-order chi connectivity index (χ0) is 10.3. The van der Waals surface area contributed by atoms with E-state index < -0.39 is 17.4 Å². The molecule has 0 radical (unpaired) electrons. The number of benzene rings is 2. The Morgan fingerprint density at radius 1 is 1.00 bits per heavy atom. The van der Waals surface area contributed by atoms with Gasteiger partial charge in [0.05, 0.1) is 0 Å². The second-order valence-corrected chi connectivity index (χ2v) is 2.89. The van der Waals surface area contributed by atoms with Crippen LogP contribution in [0.15, 0.2) is 24.3 Å². The van der Waals surface area contributed by atoms with Crippen LogP contribution in [0.3, 0.4) is 0 Å². The van der Waals surface area contributed by atoms with Gasteiger partial charge < -0.3 is 10.2 Å². The molecule has 0 saturated carbocycles. The molecule has 0 fully saturated rings. The SMILES string of the molecule is Oc1cccc2c(O)c(F)c(F)cc12. The Morgan fingerprint density at radius 3 is 2.43 bits per heavy atom. The first-order valence-electron chi connectivity index (χ1n) is 3.90. The first kappa shape index (κ1) is 8.74. The van der Waals surface area contributed by atoms with Crippen molar-refractivity contribution in [3.63, 3.8) is 0 Å². The molecule has 0 unspecified atom stereocenters. The number of aromatic hydroxyl groups is 2. The fraction of sp³-hybridized carbons (Fsp3) is 0. The molecular formula is C10H6F2O2. The maximum atomic E-state index is 12.9. The lowest BCUT2D eigenvalue weighted by atomic mass is 10.1. The Labute approximate surface area is 78.0 Å². The number of halogens is 2. The second kappa shape index (κ2) is 2.83. The summed E-state index contributed by atoms with van der Waals surface area (Å²) in [7, 11) is 0. The van der Waals surface area contributed by atoms with E-state index in [1.807, 2.05) is 0 Å². The van der Waals surface area contributed by atoms with Gasteiger partial charge in [-0.25, -0.2) is 4.39 Å². The van der Waals surface area contributed by atoms with E-state index in [0.29, 0.717) is 0 Å². The van der Waals surface area contributed by atoms with Crippen LogP contribution >= 0.6 is 0 Å². The summed E-state index contributed by atoms with van der Waals surface area (Å²) in [6.45, 7) is 0. The van der Waals surface area contributed by atoms with Gasteiger partial charge in [0.1, 0.15) is 5.75 Å². The zero-order valence-corrected chi connectivity index (χ0v) is 6.96. The van der Waals surface area contributed by atoms with Crippen LogP contribution in [0.25, 0.3) is 10.8 Å². The van der Waals surface area contributed by atoms with Crippen molar-refractivity contribution in [2.24, 2.45) is 0 Å². The van der Waals surface area contributed by atoms with Crippen LogP contribution < -0.4 is 0 Å². The minimum atomic E-state index is -1.30. The van der Waals surface area contributed by atoms with Gasteiger partial charge in [0.2, 0.25) is 5.82 Å². The fourth-order valence-electron chi connectivity index (χ4n) is 1.33. The van der Waals surface area contributed by atoms with Crippen molar-refractivity contribution in [3.05, 3.63) is 35.9 Å². The topological polar surface area (TPSA) is 40.5 Å². The summed E-state index contributed by atoms with van der Waals surface area (Å²) in [6.07, 6.45) is 0. The highest BCUT2D eigenvalue weighted by molar-refractivity contribution is 5.92. The molecule has 0 saturated heterocycles. The fourth-order valence-corrected chi connectivity index (χ4v) is 1.33. The number of hydrogen-bond acceptors (Lipinski definition) is 2. The first-order chi connectivity index (χ1) is 6.61. The molecule has 0 amide bonds. The lowest BCUT2D eigenvalue weighted by Gasteiger charge is -2.04. The summed E-state index contributed by atoms with van der Waals surface area (Å²) in [6, 6.07) is 5.01. The Hall–Kier alpha value is -1.84. The first-order valence-corrected chi connectivity index (χ1v) is 3.90. The predicted octanol–water partition coefficient (Wildman–Crippen LogP) is 2.53. The van der Waals surface area contributed by atoms with Crippen molar-refractivity contribution in [1.82, 2.24) is 0 Å². The molecule has 2 rings (SSSR count). The van der Waals surface area contributed by atoms with Gasteiger partial charge >= 0.3 is 0 Å². The molecule has 0 bridgehead atoms. The summed E-state index contributed by atoms with van der Waals surface area (Å²) in [4.78, 5) is 0. The zero-order valence-electron chi connectivity index (χ0n) is 6.96. The van der Waals surface area contributed by atoms with Gasteiger partial charge in [0, 0.05) is 10.8 Å². The molecule has 2 N–H and O–H groups in total. The van der Waals surface area contributed by atoms with E-state index in [-0.39, 0.29) is 16.5 Å². The largest absolute Gasteiger partial charge is 0.507 e. The van der Waals surface area contributed by atoms with Gasteiger partial charge in [0.25, 0.3) is 0 Å². The Kier molecular flexibility index (Phi) is 1.77. The molecule has 0 aromatic heterocycles. The molecule has 0 aliphatic carbocycles. The summed E-state index contributed by atoms with van der Waals surface area (Å²) in [5.41, 5.74) is 0. The van der Waals surface area contributed by atoms with E-state index in [9.17, 15) is 19.0 Å². The second-order valence-electron chi connectivity index (χ2n) is 2.89. The van der Waals surface area contributed by atoms with Crippen LogP contribution in [-0.2, 0) is 0 Å². The van der Waals surface area contributed by atoms with Crippen molar-refractivity contribution >= 4 is 10.8 Å². The number of hydrogen-bond donors (Lipinski definition) is 2. The molecule has 0 spiro atoms. The number of phenols is 2. The minimum Gasteiger partial charge on any atom is -0.507 e. The summed E-state index contributed by atoms with van der Waals surface area (Å²) >= 11 is 0. The van der Waals surface area contributed by atoms with Gasteiger partial charge in [-0.15, -0.1) is 0 Å². The van der Waals surface area contributed by atoms with Crippen molar-refractivity contribution < 1.29 is 19.0 Å². The monoisotopic (exact) mass is 196 g/mol. The Bertz CT molecular complexity index is 509. The maximum Gasteiger partial charge on any atom is 0.201 e. The van der Waals surface area contributed by atoms with Crippen molar-refractivity contribution in [1.29, 1.82) is 0 Å². The summed E-state index contributed by atoms with van der Waals surface area (Å²) in [5.74, 6) is -3.47. The molecule has 0 aliphatic rings. The predicted molar refractivity (Wildman–Crippen MR) is 47.2 cm³/mol. The third-order valence-corrected chi connectivity index (χ3v) is 2.03. The lowest BCUT2D eigenvalue weighted by molar-refractivity contribution is 0.412. The molecule has 2 aromatic carbocycles. The highest BCUT2D eigenvalue weighted by Gasteiger charge is 2.13. The molecule has 0 atom stereocenters. The van der Waals surface area contributed by atoms with Crippen molar-refractivity contribution in [2.75, 3.05) is 0 Å². The number of rotatable bonds is 0. The lowest BCUT2D eigenvalue weighted by Crippen LogP contribution is -1.86. The molecule has 4 heteroatoms. The smallest absolute Gasteiger partial charge is 0.201 e. The van der Waals surface area contributed by atoms with Crippen LogP contribution in [0.4, 0.5) is 8.78 Å². The average molecular weight is 196 g/mol. The van der Waals surface area contributed by atoms with E-state index in [1.165, 1.54) is 18.2 Å². The van der Waals surface area contributed by atoms with Gasteiger partial charge in [-0.05, 0) is 12.1 Å². The molecule has 2 nitrogen and oxygen atoms in total. The van der Waals surface area contributed by atoms with Crippen molar-refractivity contribution in [2.45, 2.75) is 0 Å². The van der Waals surface area contributed by atoms with E-state index in [1.54, 1.807) is 0 Å². The third-order valence-electron chi connectivity index (χ3n) is 2.03. The quantitative estimate of drug-likeness (QED) is 0.679. The van der Waals surface area contributed by atoms with E-state index >= 15 is 0 Å². The maximum absolute atomic E-state index is 12.9. The number of phenolic OH excluding ortho intramolecular Hbond substituents is 2. The van der Waals surface area contributed by atoms with E-state index in [4.69, 9.17) is 0 Å². The van der Waals surface area contributed by atoms with Crippen LogP contribution in [0, 0.1) is 11.6 Å². The van der Waals surface area contributed by atoms with Crippen LogP contribution in [0.1, 0.15) is 0 Å². The normalized spacial score (nSPS) is 10.7. The number of fused-ring (bicyclic) bond motifs is 1. The van der Waals surface area contributed by atoms with Crippen LogP contribution in [0.5, 0.6) is 11.5 Å². The van der Waals surface area contributed by atoms with Gasteiger partial charge in [-0.3, -0.25) is 0 Å².